The van der Waals surface area contributed by atoms with Crippen LogP contribution in [0, 0.1) is 6.92 Å². The van der Waals surface area contributed by atoms with E-state index in [-0.39, 0.29) is 43.4 Å². The Morgan fingerprint density at radius 1 is 1.36 bits per heavy atom. The van der Waals surface area contributed by atoms with E-state index in [0.717, 1.165) is 11.1 Å². The van der Waals surface area contributed by atoms with Crippen LogP contribution in [0.25, 0.3) is 11.4 Å². The van der Waals surface area contributed by atoms with Gasteiger partial charge in [-0.2, -0.15) is 4.98 Å². The van der Waals surface area contributed by atoms with Gasteiger partial charge < -0.3 is 25.0 Å². The summed E-state index contributed by atoms with van der Waals surface area (Å²) in [5, 5.41) is 9.21. The van der Waals surface area contributed by atoms with Crippen molar-refractivity contribution in [3.63, 3.8) is 0 Å². The van der Waals surface area contributed by atoms with Crippen LogP contribution in [0.3, 0.4) is 0 Å². The van der Waals surface area contributed by atoms with Crippen LogP contribution in [0.4, 0.5) is 4.79 Å². The maximum Gasteiger partial charge on any atom is 0.317 e. The van der Waals surface area contributed by atoms with Gasteiger partial charge in [0, 0.05) is 18.7 Å². The van der Waals surface area contributed by atoms with Crippen molar-refractivity contribution in [2.24, 2.45) is 0 Å². The fraction of sp³-hybridized carbons (Fsp3) is 0.389. The van der Waals surface area contributed by atoms with Gasteiger partial charge in [-0.1, -0.05) is 28.9 Å². The third-order valence-corrected chi connectivity index (χ3v) is 4.84. The first-order chi connectivity index (χ1) is 13.5. The van der Waals surface area contributed by atoms with Crippen molar-refractivity contribution in [3.8, 4) is 11.4 Å². The molecule has 2 fully saturated rings. The van der Waals surface area contributed by atoms with Gasteiger partial charge in [0.05, 0.1) is 19.6 Å². The van der Waals surface area contributed by atoms with E-state index in [0.29, 0.717) is 18.9 Å². The Morgan fingerprint density at radius 2 is 2.21 bits per heavy atom. The number of nitrogens with zero attached hydrogens (tertiary/aromatic N) is 4. The lowest BCUT2D eigenvalue weighted by atomic mass is 10.1. The van der Waals surface area contributed by atoms with E-state index in [1.165, 1.54) is 9.80 Å². The molecule has 146 valence electrons. The van der Waals surface area contributed by atoms with E-state index in [1.807, 2.05) is 31.2 Å². The molecule has 0 spiro atoms. The Bertz CT molecular complexity index is 926. The zero-order valence-electron chi connectivity index (χ0n) is 15.3. The number of urea groups is 1. The van der Waals surface area contributed by atoms with E-state index < -0.39 is 6.04 Å². The molecule has 1 atom stereocenters. The third-order valence-electron chi connectivity index (χ3n) is 4.84. The van der Waals surface area contributed by atoms with Crippen LogP contribution < -0.4 is 10.6 Å². The highest BCUT2D eigenvalue weighted by Gasteiger charge is 2.39. The molecule has 10 nitrogen and oxygen atoms in total. The number of carbonyl (C=O) groups excluding carboxylic acids is 3. The molecule has 2 aliphatic heterocycles. The van der Waals surface area contributed by atoms with Crippen LogP contribution >= 0.6 is 0 Å². The number of benzene rings is 1. The van der Waals surface area contributed by atoms with Gasteiger partial charge in [0.15, 0.2) is 0 Å². The molecule has 4 amide bonds. The second-order valence-corrected chi connectivity index (χ2v) is 6.81. The average Bonchev–Trinajstić information content (AvgIpc) is 3.18. The summed E-state index contributed by atoms with van der Waals surface area (Å²) in [5.41, 5.74) is 1.92. The zero-order valence-corrected chi connectivity index (χ0v) is 15.3. The number of hydrogen-bond donors (Lipinski definition) is 2. The van der Waals surface area contributed by atoms with Gasteiger partial charge >= 0.3 is 6.03 Å². The summed E-state index contributed by atoms with van der Waals surface area (Å²) in [6, 6.07) is 6.73. The molecule has 3 heterocycles. The Balaban J connectivity index is 1.35. The van der Waals surface area contributed by atoms with Crippen molar-refractivity contribution in [3.05, 3.63) is 35.7 Å². The second-order valence-electron chi connectivity index (χ2n) is 6.81. The number of carbonyl (C=O) groups is 3. The summed E-state index contributed by atoms with van der Waals surface area (Å²) in [6.07, 6.45) is 0. The molecule has 2 saturated heterocycles. The lowest BCUT2D eigenvalue weighted by Crippen LogP contribution is -2.67. The Kier molecular flexibility index (Phi) is 4.68. The van der Waals surface area contributed by atoms with Crippen LogP contribution in [-0.4, -0.2) is 70.0 Å². The van der Waals surface area contributed by atoms with Crippen molar-refractivity contribution in [1.29, 1.82) is 0 Å². The standard InChI is InChI=1S/C18H20N6O4/c1-11-3-2-4-12(7-11)16-21-14(28-22-16)8-20-18(27)23-5-6-24-13(10-23)17(26)19-9-15(24)25/h2-4,7,13H,5-6,8-10H2,1H3,(H,19,26)(H,20,27)/t13-/m0/s1. The first-order valence-electron chi connectivity index (χ1n) is 9.01. The van der Waals surface area contributed by atoms with Gasteiger partial charge in [0.1, 0.15) is 6.04 Å². The number of piperazine rings is 2. The maximum atomic E-state index is 12.4. The SMILES string of the molecule is Cc1cccc(-c2noc(CNC(=O)N3CCN4C(=O)CNC(=O)[C@@H]4C3)n2)c1. The summed E-state index contributed by atoms with van der Waals surface area (Å²) >= 11 is 0. The third kappa shape index (κ3) is 3.53. The highest BCUT2D eigenvalue weighted by atomic mass is 16.5. The van der Waals surface area contributed by atoms with E-state index in [9.17, 15) is 14.4 Å². The minimum Gasteiger partial charge on any atom is -0.345 e. The van der Waals surface area contributed by atoms with E-state index in [2.05, 4.69) is 20.8 Å². The molecule has 2 aromatic rings. The predicted octanol–water partition coefficient (Wildman–Crippen LogP) is -0.103. The number of fused-ring (bicyclic) bond motifs is 1. The quantitative estimate of drug-likeness (QED) is 0.762. The molecule has 4 rings (SSSR count). The first-order valence-corrected chi connectivity index (χ1v) is 9.01. The molecule has 28 heavy (non-hydrogen) atoms. The number of rotatable bonds is 3. The summed E-state index contributed by atoms with van der Waals surface area (Å²) in [7, 11) is 0. The van der Waals surface area contributed by atoms with Crippen molar-refractivity contribution in [1.82, 2.24) is 30.6 Å². The minimum absolute atomic E-state index is 0.0158. The van der Waals surface area contributed by atoms with Crippen LogP contribution in [-0.2, 0) is 16.1 Å². The van der Waals surface area contributed by atoms with Crippen molar-refractivity contribution in [2.75, 3.05) is 26.2 Å². The Morgan fingerprint density at radius 3 is 3.04 bits per heavy atom. The number of amides is 4. The van der Waals surface area contributed by atoms with Gasteiger partial charge in [0.2, 0.25) is 23.5 Å². The van der Waals surface area contributed by atoms with Crippen LogP contribution in [0.2, 0.25) is 0 Å². The molecule has 0 radical (unpaired) electrons. The molecule has 10 heteroatoms. The number of hydrogen-bond acceptors (Lipinski definition) is 6. The second kappa shape index (κ2) is 7.29. The highest BCUT2D eigenvalue weighted by molar-refractivity contribution is 5.95. The molecule has 0 saturated carbocycles. The van der Waals surface area contributed by atoms with Crippen LogP contribution in [0.5, 0.6) is 0 Å². The molecular weight excluding hydrogens is 364 g/mol. The average molecular weight is 384 g/mol. The van der Waals surface area contributed by atoms with Crippen LogP contribution in [0.1, 0.15) is 11.5 Å². The molecule has 1 aromatic carbocycles. The fourth-order valence-corrected chi connectivity index (χ4v) is 3.36. The predicted molar refractivity (Wildman–Crippen MR) is 96.8 cm³/mol. The van der Waals surface area contributed by atoms with Crippen molar-refractivity contribution >= 4 is 17.8 Å². The topological polar surface area (TPSA) is 121 Å². The molecule has 2 N–H and O–H groups in total. The van der Waals surface area contributed by atoms with E-state index in [4.69, 9.17) is 4.52 Å². The summed E-state index contributed by atoms with van der Waals surface area (Å²) in [4.78, 5) is 43.6. The molecule has 2 aliphatic rings. The maximum absolute atomic E-state index is 12.4. The molecular formula is C18H20N6O4. The van der Waals surface area contributed by atoms with E-state index >= 15 is 0 Å². The largest absolute Gasteiger partial charge is 0.345 e. The van der Waals surface area contributed by atoms with E-state index in [1.54, 1.807) is 0 Å². The summed E-state index contributed by atoms with van der Waals surface area (Å²) in [5.74, 6) is 0.379. The Hall–Kier alpha value is -3.43. The number of aromatic nitrogens is 2. The van der Waals surface area contributed by atoms with Crippen molar-refractivity contribution in [2.45, 2.75) is 19.5 Å². The summed E-state index contributed by atoms with van der Waals surface area (Å²) < 4.78 is 5.20. The fourth-order valence-electron chi connectivity index (χ4n) is 3.36. The van der Waals surface area contributed by atoms with Crippen molar-refractivity contribution < 1.29 is 18.9 Å². The lowest BCUT2D eigenvalue weighted by molar-refractivity contribution is -0.148. The van der Waals surface area contributed by atoms with Gasteiger partial charge in [-0.25, -0.2) is 4.79 Å². The van der Waals surface area contributed by atoms with Gasteiger partial charge in [-0.05, 0) is 13.0 Å². The monoisotopic (exact) mass is 384 g/mol. The van der Waals surface area contributed by atoms with Crippen LogP contribution in [0.15, 0.2) is 28.8 Å². The zero-order chi connectivity index (χ0) is 19.7. The molecule has 0 aliphatic carbocycles. The minimum atomic E-state index is -0.642. The van der Waals surface area contributed by atoms with Gasteiger partial charge in [0.25, 0.3) is 0 Å². The normalized spacial score (nSPS) is 19.2. The summed E-state index contributed by atoms with van der Waals surface area (Å²) in [6.45, 7) is 2.92. The van der Waals surface area contributed by atoms with Gasteiger partial charge in [-0.15, -0.1) is 0 Å². The Labute approximate surface area is 160 Å². The van der Waals surface area contributed by atoms with Gasteiger partial charge in [-0.3, -0.25) is 9.59 Å². The lowest BCUT2D eigenvalue weighted by Gasteiger charge is -2.42. The molecule has 0 unspecified atom stereocenters. The molecule has 1 aromatic heterocycles. The number of aryl methyl sites for hydroxylation is 1. The number of nitrogens with one attached hydrogen (secondary N) is 2. The first kappa shape index (κ1) is 18.0. The highest BCUT2D eigenvalue weighted by Crippen LogP contribution is 2.17. The molecule has 0 bridgehead atoms. The smallest absolute Gasteiger partial charge is 0.317 e.